The molecule has 0 bridgehead atoms. The fourth-order valence-electron chi connectivity index (χ4n) is 0.811. The molecule has 0 rings (SSSR count). The Kier molecular flexibility index (Phi) is 9.63. The Morgan fingerprint density at radius 3 is 2.54 bits per heavy atom. The number of amides is 1. The SMILES string of the molecule is CNCCNCCNC(=O)CSC. The highest BCUT2D eigenvalue weighted by Crippen LogP contribution is 1.88. The lowest BCUT2D eigenvalue weighted by molar-refractivity contribution is -0.118. The third-order valence-electron chi connectivity index (χ3n) is 1.45. The summed E-state index contributed by atoms with van der Waals surface area (Å²) in [6.45, 7) is 3.44. The predicted octanol–water partition coefficient (Wildman–Crippen LogP) is -0.725. The molecule has 0 aliphatic heterocycles. The maximum Gasteiger partial charge on any atom is 0.230 e. The van der Waals surface area contributed by atoms with Crippen molar-refractivity contribution in [2.24, 2.45) is 0 Å². The third kappa shape index (κ3) is 9.66. The summed E-state index contributed by atoms with van der Waals surface area (Å²) in [6, 6.07) is 0. The second-order valence-corrected chi connectivity index (χ2v) is 3.50. The van der Waals surface area contributed by atoms with Gasteiger partial charge in [0.05, 0.1) is 5.75 Å². The zero-order valence-electron chi connectivity index (χ0n) is 8.35. The number of carbonyl (C=O) groups is 1. The van der Waals surface area contributed by atoms with Crippen LogP contribution in [0.3, 0.4) is 0 Å². The first-order chi connectivity index (χ1) is 6.31. The fourth-order valence-corrected chi connectivity index (χ4v) is 1.18. The van der Waals surface area contributed by atoms with Crippen LogP contribution in [0.5, 0.6) is 0 Å². The molecule has 0 fully saturated rings. The zero-order chi connectivity index (χ0) is 9.94. The molecule has 0 heterocycles. The molecular formula is C8H19N3OS. The second-order valence-electron chi connectivity index (χ2n) is 2.64. The summed E-state index contributed by atoms with van der Waals surface area (Å²) in [7, 11) is 1.92. The number of hydrogen-bond acceptors (Lipinski definition) is 4. The lowest BCUT2D eigenvalue weighted by Gasteiger charge is -2.05. The van der Waals surface area contributed by atoms with Crippen LogP contribution in [0.25, 0.3) is 0 Å². The van der Waals surface area contributed by atoms with Crippen LogP contribution in [0.15, 0.2) is 0 Å². The van der Waals surface area contributed by atoms with Crippen molar-refractivity contribution in [2.45, 2.75) is 0 Å². The molecule has 5 heteroatoms. The van der Waals surface area contributed by atoms with Gasteiger partial charge in [-0.3, -0.25) is 4.79 Å². The van der Waals surface area contributed by atoms with Crippen molar-refractivity contribution in [2.75, 3.05) is 45.2 Å². The largest absolute Gasteiger partial charge is 0.354 e. The summed E-state index contributed by atoms with van der Waals surface area (Å²) < 4.78 is 0. The predicted molar refractivity (Wildman–Crippen MR) is 58.2 cm³/mol. The van der Waals surface area contributed by atoms with Gasteiger partial charge in [-0.1, -0.05) is 0 Å². The molecule has 0 aromatic carbocycles. The van der Waals surface area contributed by atoms with Crippen LogP contribution < -0.4 is 16.0 Å². The van der Waals surface area contributed by atoms with Crippen LogP contribution in [-0.4, -0.2) is 51.1 Å². The molecule has 13 heavy (non-hydrogen) atoms. The Hall–Kier alpha value is -0.260. The maximum absolute atomic E-state index is 11.0. The highest BCUT2D eigenvalue weighted by Gasteiger charge is 1.96. The van der Waals surface area contributed by atoms with Crippen molar-refractivity contribution in [1.82, 2.24) is 16.0 Å². The molecule has 0 saturated heterocycles. The van der Waals surface area contributed by atoms with Crippen LogP contribution in [0.2, 0.25) is 0 Å². The van der Waals surface area contributed by atoms with Gasteiger partial charge in [-0.05, 0) is 13.3 Å². The number of carbonyl (C=O) groups excluding carboxylic acids is 1. The van der Waals surface area contributed by atoms with E-state index < -0.39 is 0 Å². The fraction of sp³-hybridized carbons (Fsp3) is 0.875. The van der Waals surface area contributed by atoms with Crippen LogP contribution in [0.4, 0.5) is 0 Å². The monoisotopic (exact) mass is 205 g/mol. The van der Waals surface area contributed by atoms with Crippen LogP contribution in [0, 0.1) is 0 Å². The molecule has 78 valence electrons. The lowest BCUT2D eigenvalue weighted by Crippen LogP contribution is -2.35. The van der Waals surface area contributed by atoms with Crippen molar-refractivity contribution in [3.8, 4) is 0 Å². The summed E-state index contributed by atoms with van der Waals surface area (Å²) >= 11 is 1.54. The topological polar surface area (TPSA) is 53.2 Å². The molecule has 0 aliphatic carbocycles. The first-order valence-electron chi connectivity index (χ1n) is 4.42. The molecule has 4 nitrogen and oxygen atoms in total. The molecule has 1 amide bonds. The van der Waals surface area contributed by atoms with Gasteiger partial charge in [0.25, 0.3) is 0 Å². The van der Waals surface area contributed by atoms with E-state index in [9.17, 15) is 4.79 Å². The average molecular weight is 205 g/mol. The van der Waals surface area contributed by atoms with Crippen molar-refractivity contribution in [3.05, 3.63) is 0 Å². The standard InChI is InChI=1S/C8H19N3OS/c1-9-3-4-10-5-6-11-8(12)7-13-2/h9-10H,3-7H2,1-2H3,(H,11,12). The normalized spacial score (nSPS) is 10.0. The Morgan fingerprint density at radius 2 is 1.92 bits per heavy atom. The molecule has 0 unspecified atom stereocenters. The molecule has 0 aromatic heterocycles. The van der Waals surface area contributed by atoms with Gasteiger partial charge < -0.3 is 16.0 Å². The molecular weight excluding hydrogens is 186 g/mol. The summed E-state index contributed by atoms with van der Waals surface area (Å²) in [5.41, 5.74) is 0. The first kappa shape index (κ1) is 12.7. The number of hydrogen-bond donors (Lipinski definition) is 3. The summed E-state index contributed by atoms with van der Waals surface area (Å²) in [4.78, 5) is 11.0. The van der Waals surface area contributed by atoms with Gasteiger partial charge in [0.1, 0.15) is 0 Å². The first-order valence-corrected chi connectivity index (χ1v) is 5.81. The Bertz CT molecular complexity index is 133. The van der Waals surface area contributed by atoms with E-state index in [-0.39, 0.29) is 5.91 Å². The quantitative estimate of drug-likeness (QED) is 0.458. The second kappa shape index (κ2) is 9.83. The minimum Gasteiger partial charge on any atom is -0.354 e. The van der Waals surface area contributed by atoms with Crippen LogP contribution >= 0.6 is 11.8 Å². The minimum absolute atomic E-state index is 0.114. The van der Waals surface area contributed by atoms with Crippen molar-refractivity contribution in [1.29, 1.82) is 0 Å². The van der Waals surface area contributed by atoms with Crippen LogP contribution in [-0.2, 0) is 4.79 Å². The summed E-state index contributed by atoms with van der Waals surface area (Å²) in [5, 5.41) is 9.05. The summed E-state index contributed by atoms with van der Waals surface area (Å²) in [5.74, 6) is 0.666. The number of nitrogens with one attached hydrogen (secondary N) is 3. The Morgan fingerprint density at radius 1 is 1.23 bits per heavy atom. The third-order valence-corrected chi connectivity index (χ3v) is 2.00. The van der Waals surface area contributed by atoms with Gasteiger partial charge in [0, 0.05) is 26.2 Å². The smallest absolute Gasteiger partial charge is 0.230 e. The highest BCUT2D eigenvalue weighted by atomic mass is 32.2. The highest BCUT2D eigenvalue weighted by molar-refractivity contribution is 7.99. The molecule has 0 aliphatic rings. The summed E-state index contributed by atoms with van der Waals surface area (Å²) in [6.07, 6.45) is 1.92. The van der Waals surface area contributed by atoms with Gasteiger partial charge in [0.2, 0.25) is 5.91 Å². The number of rotatable bonds is 8. The Balaban J connectivity index is 3.02. The lowest BCUT2D eigenvalue weighted by atomic mass is 10.5. The van der Waals surface area contributed by atoms with E-state index in [0.29, 0.717) is 12.3 Å². The van der Waals surface area contributed by atoms with E-state index in [0.717, 1.165) is 19.6 Å². The van der Waals surface area contributed by atoms with E-state index in [1.807, 2.05) is 13.3 Å². The number of thioether (sulfide) groups is 1. The van der Waals surface area contributed by atoms with Gasteiger partial charge in [0.15, 0.2) is 0 Å². The molecule has 0 spiro atoms. The van der Waals surface area contributed by atoms with Gasteiger partial charge in [-0.15, -0.1) is 0 Å². The zero-order valence-corrected chi connectivity index (χ0v) is 9.17. The maximum atomic E-state index is 11.0. The molecule has 3 N–H and O–H groups in total. The van der Waals surface area contributed by atoms with E-state index >= 15 is 0 Å². The van der Waals surface area contributed by atoms with Crippen LogP contribution in [0.1, 0.15) is 0 Å². The average Bonchev–Trinajstić information content (AvgIpc) is 2.11. The minimum atomic E-state index is 0.114. The van der Waals surface area contributed by atoms with Gasteiger partial charge >= 0.3 is 0 Å². The number of likely N-dealkylation sites (N-methyl/N-ethyl adjacent to an activating group) is 1. The van der Waals surface area contributed by atoms with Crippen molar-refractivity contribution < 1.29 is 4.79 Å². The van der Waals surface area contributed by atoms with Crippen molar-refractivity contribution >= 4 is 17.7 Å². The Labute approximate surface area is 84.2 Å². The molecule has 0 radical (unpaired) electrons. The van der Waals surface area contributed by atoms with E-state index in [1.54, 1.807) is 0 Å². The van der Waals surface area contributed by atoms with E-state index in [1.165, 1.54) is 11.8 Å². The van der Waals surface area contributed by atoms with Gasteiger partial charge in [-0.25, -0.2) is 0 Å². The van der Waals surface area contributed by atoms with E-state index in [4.69, 9.17) is 0 Å². The van der Waals surface area contributed by atoms with Gasteiger partial charge in [-0.2, -0.15) is 11.8 Å². The molecule has 0 aromatic rings. The molecule has 0 saturated carbocycles. The van der Waals surface area contributed by atoms with Crippen molar-refractivity contribution in [3.63, 3.8) is 0 Å². The molecule has 0 atom stereocenters. The van der Waals surface area contributed by atoms with E-state index in [2.05, 4.69) is 16.0 Å².